The summed E-state index contributed by atoms with van der Waals surface area (Å²) >= 11 is 1.40. The van der Waals surface area contributed by atoms with Crippen LogP contribution in [0.25, 0.3) is 0 Å². The Kier molecular flexibility index (Phi) is 5.66. The third-order valence-electron chi connectivity index (χ3n) is 4.27. The van der Waals surface area contributed by atoms with Gasteiger partial charge in [0.25, 0.3) is 11.6 Å². The lowest BCUT2D eigenvalue weighted by molar-refractivity contribution is -0.385. The number of benzene rings is 1. The molecule has 1 heterocycles. The van der Waals surface area contributed by atoms with Gasteiger partial charge in [-0.3, -0.25) is 14.9 Å². The zero-order valence-corrected chi connectivity index (χ0v) is 15.1. The summed E-state index contributed by atoms with van der Waals surface area (Å²) < 4.78 is 18.9. The fourth-order valence-corrected chi connectivity index (χ4v) is 4.23. The first-order chi connectivity index (χ1) is 13.0. The number of fused-ring (bicyclic) bond motifs is 1. The number of hydrogen-bond acceptors (Lipinski definition) is 6. The molecule has 0 unspecified atom stereocenters. The monoisotopic (exact) mass is 389 g/mol. The molecule has 1 N–H and O–H groups in total. The molecule has 1 amide bonds. The van der Waals surface area contributed by atoms with Crippen LogP contribution in [0, 0.1) is 27.3 Å². The Balaban J connectivity index is 1.67. The smallest absolute Gasteiger partial charge is 0.272 e. The van der Waals surface area contributed by atoms with Crippen LogP contribution < -0.4 is 10.1 Å². The number of ether oxygens (including phenoxy) is 1. The largest absolute Gasteiger partial charge is 0.481 e. The molecule has 3 rings (SSSR count). The Hall–Kier alpha value is -2.99. The van der Waals surface area contributed by atoms with E-state index in [9.17, 15) is 24.6 Å². The van der Waals surface area contributed by atoms with Gasteiger partial charge in [0, 0.05) is 10.9 Å². The molecule has 1 aliphatic rings. The summed E-state index contributed by atoms with van der Waals surface area (Å²) in [5, 5.41) is 23.2. The number of nitrogens with one attached hydrogen (secondary N) is 1. The Morgan fingerprint density at radius 1 is 1.37 bits per heavy atom. The van der Waals surface area contributed by atoms with Crippen molar-refractivity contribution < 1.29 is 18.8 Å². The van der Waals surface area contributed by atoms with Gasteiger partial charge in [-0.05, 0) is 37.3 Å². The van der Waals surface area contributed by atoms with Gasteiger partial charge in [-0.15, -0.1) is 11.3 Å². The molecule has 7 nitrogen and oxygen atoms in total. The van der Waals surface area contributed by atoms with Gasteiger partial charge in [0.05, 0.1) is 16.6 Å². The normalized spacial score (nSPS) is 13.2. The molecule has 1 aromatic carbocycles. The average molecular weight is 389 g/mol. The molecule has 0 saturated carbocycles. The number of anilines is 1. The minimum absolute atomic E-state index is 0.252. The highest BCUT2D eigenvalue weighted by molar-refractivity contribution is 7.16. The van der Waals surface area contributed by atoms with Crippen molar-refractivity contribution in [1.29, 1.82) is 5.26 Å². The minimum atomic E-state index is -0.919. The van der Waals surface area contributed by atoms with E-state index in [2.05, 4.69) is 11.4 Å². The number of halogens is 1. The van der Waals surface area contributed by atoms with Crippen molar-refractivity contribution in [3.63, 3.8) is 0 Å². The van der Waals surface area contributed by atoms with Gasteiger partial charge >= 0.3 is 0 Å². The van der Waals surface area contributed by atoms with Crippen molar-refractivity contribution in [2.24, 2.45) is 0 Å². The molecule has 1 aliphatic carbocycles. The van der Waals surface area contributed by atoms with E-state index in [0.29, 0.717) is 10.6 Å². The molecule has 0 bridgehead atoms. The summed E-state index contributed by atoms with van der Waals surface area (Å²) in [5.41, 5.74) is 1.10. The minimum Gasteiger partial charge on any atom is -0.481 e. The van der Waals surface area contributed by atoms with Crippen molar-refractivity contribution >= 4 is 27.9 Å². The van der Waals surface area contributed by atoms with Crippen molar-refractivity contribution in [3.8, 4) is 11.8 Å². The van der Waals surface area contributed by atoms with E-state index >= 15 is 0 Å². The standard InChI is InChI=1S/C18H16FN3O4S/c19-14-8-11(22(24)25)6-7-15(14)26-10-17(23)21-18-13(9-20)12-4-2-1-3-5-16(12)27-18/h6-8H,1-5,10H2,(H,21,23). The third-order valence-corrected chi connectivity index (χ3v) is 5.48. The number of nitro groups is 1. The maximum atomic E-state index is 13.8. The predicted molar refractivity (Wildman–Crippen MR) is 97.5 cm³/mol. The second-order valence-electron chi connectivity index (χ2n) is 6.09. The average Bonchev–Trinajstić information content (AvgIpc) is 2.80. The van der Waals surface area contributed by atoms with E-state index in [4.69, 9.17) is 4.74 Å². The number of carbonyl (C=O) groups excluding carboxylic acids is 1. The zero-order chi connectivity index (χ0) is 19.4. The Morgan fingerprint density at radius 2 is 2.15 bits per heavy atom. The molecule has 9 heteroatoms. The second-order valence-corrected chi connectivity index (χ2v) is 7.19. The molecule has 1 aromatic heterocycles. The molecular weight excluding hydrogens is 373 g/mol. The molecule has 0 saturated heterocycles. The number of rotatable bonds is 5. The van der Waals surface area contributed by atoms with Crippen LogP contribution in [-0.4, -0.2) is 17.4 Å². The van der Waals surface area contributed by atoms with Crippen molar-refractivity contribution in [1.82, 2.24) is 0 Å². The van der Waals surface area contributed by atoms with Crippen molar-refractivity contribution in [3.05, 3.63) is 50.1 Å². The van der Waals surface area contributed by atoms with Crippen LogP contribution in [0.1, 0.15) is 35.3 Å². The summed E-state index contributed by atoms with van der Waals surface area (Å²) in [4.78, 5) is 23.2. The number of thiophene rings is 1. The second kappa shape index (κ2) is 8.14. The number of non-ortho nitro benzene ring substituents is 1. The van der Waals surface area contributed by atoms with E-state index in [1.807, 2.05) is 0 Å². The Morgan fingerprint density at radius 3 is 2.85 bits per heavy atom. The van der Waals surface area contributed by atoms with Crippen LogP contribution in [0.4, 0.5) is 15.1 Å². The van der Waals surface area contributed by atoms with Gasteiger partial charge in [0.1, 0.15) is 11.1 Å². The number of nitro benzene ring substituents is 1. The SMILES string of the molecule is N#Cc1c(NC(=O)COc2ccc([N+](=O)[O-])cc2F)sc2c1CCCCC2. The number of carbonyl (C=O) groups is 1. The number of nitriles is 1. The fraction of sp³-hybridized carbons (Fsp3) is 0.333. The van der Waals surface area contributed by atoms with Crippen LogP contribution in [0.15, 0.2) is 18.2 Å². The predicted octanol–water partition coefficient (Wildman–Crippen LogP) is 3.95. The molecule has 0 fully saturated rings. The molecule has 2 aromatic rings. The van der Waals surface area contributed by atoms with Gasteiger partial charge in [0.2, 0.25) is 0 Å². The fourth-order valence-electron chi connectivity index (χ4n) is 2.98. The molecule has 0 aliphatic heterocycles. The summed E-state index contributed by atoms with van der Waals surface area (Å²) in [6, 6.07) is 5.10. The van der Waals surface area contributed by atoms with Crippen LogP contribution >= 0.6 is 11.3 Å². The van der Waals surface area contributed by atoms with Crippen molar-refractivity contribution in [2.75, 3.05) is 11.9 Å². The van der Waals surface area contributed by atoms with Crippen LogP contribution in [0.5, 0.6) is 5.75 Å². The van der Waals surface area contributed by atoms with Gasteiger partial charge < -0.3 is 10.1 Å². The first-order valence-electron chi connectivity index (χ1n) is 8.41. The topological polar surface area (TPSA) is 105 Å². The summed E-state index contributed by atoms with van der Waals surface area (Å²) in [7, 11) is 0. The molecule has 0 spiro atoms. The van der Waals surface area contributed by atoms with Gasteiger partial charge in [-0.1, -0.05) is 6.42 Å². The van der Waals surface area contributed by atoms with Crippen LogP contribution in [-0.2, 0) is 17.6 Å². The molecule has 140 valence electrons. The lowest BCUT2D eigenvalue weighted by Gasteiger charge is -2.07. The van der Waals surface area contributed by atoms with Gasteiger partial charge in [-0.2, -0.15) is 5.26 Å². The van der Waals surface area contributed by atoms with E-state index < -0.39 is 28.9 Å². The van der Waals surface area contributed by atoms with Gasteiger partial charge in [-0.25, -0.2) is 4.39 Å². The molecular formula is C18H16FN3O4S. The Labute approximate surface area is 158 Å². The highest BCUT2D eigenvalue weighted by Crippen LogP contribution is 2.37. The lowest BCUT2D eigenvalue weighted by Crippen LogP contribution is -2.20. The first-order valence-corrected chi connectivity index (χ1v) is 9.22. The van der Waals surface area contributed by atoms with Crippen LogP contribution in [0.3, 0.4) is 0 Å². The number of amides is 1. The van der Waals surface area contributed by atoms with E-state index in [1.165, 1.54) is 11.3 Å². The number of hydrogen-bond donors (Lipinski definition) is 1. The Bertz CT molecular complexity index is 935. The summed E-state index contributed by atoms with van der Waals surface area (Å²) in [6.45, 7) is -0.470. The van der Waals surface area contributed by atoms with E-state index in [0.717, 1.165) is 60.7 Å². The molecule has 27 heavy (non-hydrogen) atoms. The summed E-state index contributed by atoms with van der Waals surface area (Å²) in [6.07, 6.45) is 4.94. The maximum Gasteiger partial charge on any atom is 0.272 e. The van der Waals surface area contributed by atoms with E-state index in [-0.39, 0.29) is 5.75 Å². The number of aryl methyl sites for hydroxylation is 1. The van der Waals surface area contributed by atoms with E-state index in [1.54, 1.807) is 0 Å². The molecule has 0 radical (unpaired) electrons. The van der Waals surface area contributed by atoms with Crippen LogP contribution in [0.2, 0.25) is 0 Å². The highest BCUT2D eigenvalue weighted by atomic mass is 32.1. The quantitative estimate of drug-likeness (QED) is 0.473. The van der Waals surface area contributed by atoms with Crippen molar-refractivity contribution in [2.45, 2.75) is 32.1 Å². The molecule has 0 atom stereocenters. The maximum absolute atomic E-state index is 13.8. The third kappa shape index (κ3) is 4.23. The zero-order valence-electron chi connectivity index (χ0n) is 14.3. The number of nitrogens with zero attached hydrogens (tertiary/aromatic N) is 2. The highest BCUT2D eigenvalue weighted by Gasteiger charge is 2.21. The summed E-state index contributed by atoms with van der Waals surface area (Å²) in [5.74, 6) is -1.70. The lowest BCUT2D eigenvalue weighted by atomic mass is 10.1. The first kappa shape index (κ1) is 18.8. The van der Waals surface area contributed by atoms with Gasteiger partial charge in [0.15, 0.2) is 18.2 Å².